The van der Waals surface area contributed by atoms with E-state index in [1.807, 2.05) is 0 Å². The van der Waals surface area contributed by atoms with E-state index in [4.69, 9.17) is 0 Å². The Morgan fingerprint density at radius 3 is 2.29 bits per heavy atom. The molecule has 0 saturated heterocycles. The van der Waals surface area contributed by atoms with E-state index in [0.29, 0.717) is 18.3 Å². The molecule has 28 heavy (non-hydrogen) atoms. The molecule has 0 atom stereocenters. The third-order valence-electron chi connectivity index (χ3n) is 6.15. The molecule has 1 nitrogen and oxygen atoms in total. The van der Waals surface area contributed by atoms with Crippen LogP contribution in [0, 0.1) is 23.6 Å². The summed E-state index contributed by atoms with van der Waals surface area (Å²) >= 11 is 0. The van der Waals surface area contributed by atoms with Gasteiger partial charge in [-0.25, -0.2) is 4.39 Å². The molecule has 1 aliphatic rings. The molecule has 0 spiro atoms. The van der Waals surface area contributed by atoms with E-state index in [-0.39, 0.29) is 5.56 Å². The molecule has 152 valence electrons. The van der Waals surface area contributed by atoms with Crippen molar-refractivity contribution in [1.29, 1.82) is 0 Å². The van der Waals surface area contributed by atoms with Gasteiger partial charge in [0.1, 0.15) is 0 Å². The maximum Gasteiger partial charge on any atom is 0.251 e. The zero-order chi connectivity index (χ0) is 19.9. The first kappa shape index (κ1) is 20.9. The molecule has 0 bridgehead atoms. The topological polar surface area (TPSA) is 12.9 Å². The number of pyridine rings is 1. The monoisotopic (exact) mass is 389 g/mol. The summed E-state index contributed by atoms with van der Waals surface area (Å²) in [5, 5.41) is 0. The Labute approximate surface area is 166 Å². The van der Waals surface area contributed by atoms with Crippen LogP contribution >= 0.6 is 0 Å². The molecule has 0 N–H and O–H groups in total. The number of hydrogen-bond donors (Lipinski definition) is 0. The normalized spacial score (nSPS) is 19.7. The van der Waals surface area contributed by atoms with Crippen LogP contribution in [-0.4, -0.2) is 4.98 Å². The molecular weight excluding hydrogens is 359 g/mol. The second kappa shape index (κ2) is 10.1. The average molecular weight is 390 g/mol. The van der Waals surface area contributed by atoms with Crippen LogP contribution in [0.3, 0.4) is 0 Å². The largest absolute Gasteiger partial charge is 0.251 e. The van der Waals surface area contributed by atoms with E-state index in [1.165, 1.54) is 30.4 Å². The Bertz CT molecular complexity index is 749. The van der Waals surface area contributed by atoms with Crippen LogP contribution in [-0.2, 0) is 12.8 Å². The van der Waals surface area contributed by atoms with E-state index in [2.05, 4.69) is 36.2 Å². The van der Waals surface area contributed by atoms with Crippen molar-refractivity contribution in [2.75, 3.05) is 0 Å². The molecule has 1 saturated carbocycles. The number of aromatic nitrogens is 1. The smallest absolute Gasteiger partial charge is 0.202 e. The minimum Gasteiger partial charge on any atom is -0.202 e. The molecule has 3 rings (SSSR count). The summed E-state index contributed by atoms with van der Waals surface area (Å²) < 4.78 is 39.9. The predicted molar refractivity (Wildman–Crippen MR) is 107 cm³/mol. The summed E-state index contributed by atoms with van der Waals surface area (Å²) in [5.41, 5.74) is 3.03. The maximum atomic E-state index is 13.7. The lowest BCUT2D eigenvalue weighted by atomic mass is 9.77. The summed E-state index contributed by atoms with van der Waals surface area (Å²) in [5.74, 6) is -2.21. The summed E-state index contributed by atoms with van der Waals surface area (Å²) in [7, 11) is 0. The molecule has 1 fully saturated rings. The first-order valence-corrected chi connectivity index (χ1v) is 10.7. The van der Waals surface area contributed by atoms with Crippen LogP contribution in [0.5, 0.6) is 0 Å². The Morgan fingerprint density at radius 1 is 0.893 bits per heavy atom. The highest BCUT2D eigenvalue weighted by atomic mass is 19.2. The lowest BCUT2D eigenvalue weighted by Crippen LogP contribution is -2.14. The molecule has 0 amide bonds. The molecule has 1 aliphatic carbocycles. The fraction of sp³-hybridized carbons (Fsp3) is 0.542. The predicted octanol–water partition coefficient (Wildman–Crippen LogP) is 7.14. The van der Waals surface area contributed by atoms with Crippen LogP contribution in [0.15, 0.2) is 30.3 Å². The van der Waals surface area contributed by atoms with Gasteiger partial charge in [-0.1, -0.05) is 44.0 Å². The van der Waals surface area contributed by atoms with Gasteiger partial charge in [0.05, 0.1) is 0 Å². The third-order valence-corrected chi connectivity index (χ3v) is 6.15. The first-order valence-electron chi connectivity index (χ1n) is 10.7. The van der Waals surface area contributed by atoms with Crippen molar-refractivity contribution in [1.82, 2.24) is 4.98 Å². The van der Waals surface area contributed by atoms with Gasteiger partial charge < -0.3 is 0 Å². The van der Waals surface area contributed by atoms with Crippen LogP contribution in [0.4, 0.5) is 13.2 Å². The lowest BCUT2D eigenvalue weighted by molar-refractivity contribution is 0.308. The van der Waals surface area contributed by atoms with Crippen LogP contribution in [0.1, 0.15) is 80.9 Å². The van der Waals surface area contributed by atoms with E-state index in [0.717, 1.165) is 44.6 Å². The quantitative estimate of drug-likeness (QED) is 0.345. The summed E-state index contributed by atoms with van der Waals surface area (Å²) in [4.78, 5) is 3.01. The highest BCUT2D eigenvalue weighted by Crippen LogP contribution is 2.37. The third kappa shape index (κ3) is 5.59. The van der Waals surface area contributed by atoms with Gasteiger partial charge >= 0.3 is 0 Å². The van der Waals surface area contributed by atoms with Crippen molar-refractivity contribution in [3.8, 4) is 0 Å². The number of rotatable bonds is 8. The van der Waals surface area contributed by atoms with Crippen molar-refractivity contribution in [3.05, 3.63) is 64.7 Å². The van der Waals surface area contributed by atoms with E-state index >= 15 is 0 Å². The fourth-order valence-corrected chi connectivity index (χ4v) is 4.34. The Balaban J connectivity index is 1.46. The van der Waals surface area contributed by atoms with Crippen molar-refractivity contribution in [2.45, 2.75) is 77.0 Å². The van der Waals surface area contributed by atoms with Crippen LogP contribution in [0.25, 0.3) is 0 Å². The number of unbranched alkanes of at least 4 members (excludes halogenated alkanes) is 2. The molecular formula is C24H30F3N. The van der Waals surface area contributed by atoms with Crippen molar-refractivity contribution in [3.63, 3.8) is 0 Å². The fourth-order valence-electron chi connectivity index (χ4n) is 4.34. The second-order valence-electron chi connectivity index (χ2n) is 8.17. The molecule has 4 heteroatoms. The molecule has 0 unspecified atom stereocenters. The molecule has 0 aliphatic heterocycles. The van der Waals surface area contributed by atoms with Gasteiger partial charge in [0, 0.05) is 5.56 Å². The van der Waals surface area contributed by atoms with Gasteiger partial charge in [-0.15, -0.1) is 0 Å². The SMILES string of the molecule is CCCCCc1ccc([C@H]2CC[C@H](CCc3cc(F)c(F)nc3F)CC2)cc1. The lowest BCUT2D eigenvalue weighted by Gasteiger charge is -2.29. The van der Waals surface area contributed by atoms with Gasteiger partial charge in [-0.3, -0.25) is 0 Å². The molecule has 0 radical (unpaired) electrons. The summed E-state index contributed by atoms with van der Waals surface area (Å²) in [6.07, 6.45) is 10.6. The highest BCUT2D eigenvalue weighted by Gasteiger charge is 2.23. The first-order chi connectivity index (χ1) is 13.6. The molecule has 1 aromatic heterocycles. The number of benzene rings is 1. The zero-order valence-electron chi connectivity index (χ0n) is 16.7. The number of aryl methyl sites for hydroxylation is 2. The number of hydrogen-bond acceptors (Lipinski definition) is 1. The molecule has 2 aromatic rings. The minimum absolute atomic E-state index is 0.180. The maximum absolute atomic E-state index is 13.7. The highest BCUT2D eigenvalue weighted by molar-refractivity contribution is 5.26. The summed E-state index contributed by atoms with van der Waals surface area (Å²) in [6, 6.07) is 10.1. The number of nitrogens with zero attached hydrogens (tertiary/aromatic N) is 1. The Morgan fingerprint density at radius 2 is 1.61 bits per heavy atom. The van der Waals surface area contributed by atoms with Crippen molar-refractivity contribution < 1.29 is 13.2 Å². The zero-order valence-corrected chi connectivity index (χ0v) is 16.7. The van der Waals surface area contributed by atoms with Gasteiger partial charge in [-0.2, -0.15) is 13.8 Å². The summed E-state index contributed by atoms with van der Waals surface area (Å²) in [6.45, 7) is 2.23. The van der Waals surface area contributed by atoms with Crippen LogP contribution < -0.4 is 0 Å². The van der Waals surface area contributed by atoms with Crippen molar-refractivity contribution in [2.24, 2.45) is 5.92 Å². The Kier molecular flexibility index (Phi) is 7.52. The Hall–Kier alpha value is -1.84. The van der Waals surface area contributed by atoms with Gasteiger partial charge in [-0.05, 0) is 80.4 Å². The van der Waals surface area contributed by atoms with Gasteiger partial charge in [0.25, 0.3) is 5.95 Å². The van der Waals surface area contributed by atoms with Crippen LogP contribution in [0.2, 0.25) is 0 Å². The minimum atomic E-state index is -1.36. The number of halogens is 3. The van der Waals surface area contributed by atoms with E-state index in [1.54, 1.807) is 0 Å². The molecule has 1 heterocycles. The molecule has 1 aromatic carbocycles. The van der Waals surface area contributed by atoms with Crippen molar-refractivity contribution >= 4 is 0 Å². The second-order valence-corrected chi connectivity index (χ2v) is 8.17. The van der Waals surface area contributed by atoms with Gasteiger partial charge in [0.15, 0.2) is 5.82 Å². The van der Waals surface area contributed by atoms with E-state index in [9.17, 15) is 13.2 Å². The van der Waals surface area contributed by atoms with Gasteiger partial charge in [0.2, 0.25) is 5.95 Å². The average Bonchev–Trinajstić information content (AvgIpc) is 2.71. The standard InChI is InChI=1S/C24H30F3N/c1-2-3-4-5-17-6-11-19(12-7-17)20-13-8-18(9-14-20)10-15-21-16-22(25)24(27)28-23(21)26/h6-7,11-12,16,18,20H,2-5,8-10,13-15H2,1H3/t18-,20-. The van der Waals surface area contributed by atoms with E-state index < -0.39 is 17.7 Å².